The first-order valence-electron chi connectivity index (χ1n) is 17.9. The molecule has 0 aliphatic carbocycles. The van der Waals surface area contributed by atoms with Crippen molar-refractivity contribution in [3.8, 4) is 89.9 Å². The summed E-state index contributed by atoms with van der Waals surface area (Å²) in [5, 5.41) is 2.34. The Kier molecular flexibility index (Phi) is 7.47. The van der Waals surface area contributed by atoms with Crippen molar-refractivity contribution in [1.29, 1.82) is 0 Å². The van der Waals surface area contributed by atoms with Gasteiger partial charge in [-0.2, -0.15) is 0 Å². The Morgan fingerprint density at radius 1 is 0.302 bits per heavy atom. The predicted octanol–water partition coefficient (Wildman–Crippen LogP) is 13.4. The maximum Gasteiger partial charge on any atom is 0.160 e. The summed E-state index contributed by atoms with van der Waals surface area (Å²) < 4.78 is 6.52. The van der Waals surface area contributed by atoms with Crippen LogP contribution in [0.3, 0.4) is 0 Å². The summed E-state index contributed by atoms with van der Waals surface area (Å²) in [6.45, 7) is 0. The van der Waals surface area contributed by atoms with E-state index in [-0.39, 0.29) is 0 Å². The second-order valence-corrected chi connectivity index (χ2v) is 13.4. The van der Waals surface area contributed by atoms with Gasteiger partial charge in [0.15, 0.2) is 5.82 Å². The van der Waals surface area contributed by atoms with Crippen LogP contribution in [-0.2, 0) is 0 Å². The smallest absolute Gasteiger partial charge is 0.160 e. The fraction of sp³-hybridized carbons (Fsp3) is 0. The second-order valence-electron chi connectivity index (χ2n) is 13.4. The van der Waals surface area contributed by atoms with E-state index < -0.39 is 0 Å². The number of hydrogen-bond donors (Lipinski definition) is 0. The zero-order valence-electron chi connectivity index (χ0n) is 28.8. The summed E-state index contributed by atoms with van der Waals surface area (Å²) in [5.41, 5.74) is 14.1. The van der Waals surface area contributed by atoms with E-state index in [1.54, 1.807) is 0 Å². The molecule has 0 bridgehead atoms. The molecule has 3 nitrogen and oxygen atoms in total. The highest BCUT2D eigenvalue weighted by Crippen LogP contribution is 2.49. The molecule has 248 valence electrons. The van der Waals surface area contributed by atoms with Gasteiger partial charge in [0.05, 0.1) is 11.4 Å². The van der Waals surface area contributed by atoms with Crippen LogP contribution in [0.5, 0.6) is 11.5 Å². The highest BCUT2D eigenvalue weighted by atomic mass is 16.5. The second kappa shape index (κ2) is 12.9. The third-order valence-electron chi connectivity index (χ3n) is 10.1. The number of aromatic nitrogens is 2. The molecule has 0 saturated heterocycles. The maximum atomic E-state index is 6.52. The van der Waals surface area contributed by atoms with Crippen LogP contribution in [0.15, 0.2) is 194 Å². The number of hydrogen-bond acceptors (Lipinski definition) is 3. The molecule has 8 aromatic carbocycles. The van der Waals surface area contributed by atoms with Gasteiger partial charge < -0.3 is 4.74 Å². The molecule has 10 rings (SSSR count). The topological polar surface area (TPSA) is 35.0 Å². The van der Waals surface area contributed by atoms with Gasteiger partial charge >= 0.3 is 0 Å². The Labute approximate surface area is 308 Å². The first-order chi connectivity index (χ1) is 26.2. The average molecular weight is 677 g/mol. The van der Waals surface area contributed by atoms with Crippen LogP contribution < -0.4 is 4.74 Å². The summed E-state index contributed by atoms with van der Waals surface area (Å²) in [6.07, 6.45) is 0. The number of rotatable bonds is 6. The third kappa shape index (κ3) is 5.65. The lowest BCUT2D eigenvalue weighted by Gasteiger charge is -2.23. The first-order valence-corrected chi connectivity index (χ1v) is 17.9. The van der Waals surface area contributed by atoms with E-state index >= 15 is 0 Å². The summed E-state index contributed by atoms with van der Waals surface area (Å²) in [7, 11) is 0. The van der Waals surface area contributed by atoms with Gasteiger partial charge in [0, 0.05) is 27.6 Å². The Morgan fingerprint density at radius 3 is 1.45 bits per heavy atom. The predicted molar refractivity (Wildman–Crippen MR) is 218 cm³/mol. The standard InChI is InChI=1S/C50H32N2O/c1-4-11-33(12-5-1)34-19-23-37(24-20-34)45-32-46(52-50(51-45)39-15-8-3-9-16-39)38-25-21-35(22-26-38)40-27-29-47-44(31-40)43-18-10-17-42-41(36-13-6-2-7-14-36)28-30-48(53-47)49(42)43/h1-32H. The highest BCUT2D eigenvalue weighted by molar-refractivity contribution is 6.10. The van der Waals surface area contributed by atoms with E-state index in [0.717, 1.165) is 61.7 Å². The minimum atomic E-state index is 0.703. The molecule has 0 N–H and O–H groups in total. The van der Waals surface area contributed by atoms with Crippen LogP contribution in [-0.4, -0.2) is 9.97 Å². The van der Waals surface area contributed by atoms with Crippen LogP contribution in [0.2, 0.25) is 0 Å². The minimum absolute atomic E-state index is 0.703. The molecule has 3 heteroatoms. The van der Waals surface area contributed by atoms with Gasteiger partial charge in [-0.1, -0.05) is 170 Å². The first kappa shape index (κ1) is 30.7. The Hall–Kier alpha value is -7.10. The maximum absolute atomic E-state index is 6.52. The zero-order valence-corrected chi connectivity index (χ0v) is 28.8. The van der Waals surface area contributed by atoms with E-state index in [0.29, 0.717) is 5.82 Å². The van der Waals surface area contributed by atoms with Crippen molar-refractivity contribution in [2.45, 2.75) is 0 Å². The molecule has 2 heterocycles. The molecular formula is C50H32N2O. The molecule has 53 heavy (non-hydrogen) atoms. The van der Waals surface area contributed by atoms with Gasteiger partial charge in [-0.25, -0.2) is 9.97 Å². The summed E-state index contributed by atoms with van der Waals surface area (Å²) >= 11 is 0. The SMILES string of the molecule is c1ccc(-c2ccc(-c3cc(-c4ccc(-c5ccc6c(c5)-c5cccc7c(-c8ccccc8)ccc(c57)O6)cc4)nc(-c4ccccc4)n3)cc2)cc1. The monoisotopic (exact) mass is 676 g/mol. The molecule has 0 saturated carbocycles. The Bertz CT molecular complexity index is 2760. The summed E-state index contributed by atoms with van der Waals surface area (Å²) in [6, 6.07) is 67.9. The van der Waals surface area contributed by atoms with Crippen molar-refractivity contribution in [3.05, 3.63) is 194 Å². The lowest BCUT2D eigenvalue weighted by molar-refractivity contribution is 0.487. The Balaban J connectivity index is 1.01. The van der Waals surface area contributed by atoms with Crippen LogP contribution in [0, 0.1) is 0 Å². The fourth-order valence-corrected chi connectivity index (χ4v) is 7.44. The third-order valence-corrected chi connectivity index (χ3v) is 10.1. The molecule has 1 aliphatic rings. The molecule has 0 unspecified atom stereocenters. The number of ether oxygens (including phenoxy) is 1. The number of benzene rings is 8. The van der Waals surface area contributed by atoms with Gasteiger partial charge in [0.1, 0.15) is 11.5 Å². The summed E-state index contributed by atoms with van der Waals surface area (Å²) in [5.74, 6) is 2.47. The van der Waals surface area contributed by atoms with Crippen molar-refractivity contribution < 1.29 is 4.74 Å². The van der Waals surface area contributed by atoms with Crippen LogP contribution in [0.4, 0.5) is 0 Å². The molecule has 9 aromatic rings. The molecule has 0 spiro atoms. The van der Waals surface area contributed by atoms with Gasteiger partial charge in [0.2, 0.25) is 0 Å². The van der Waals surface area contributed by atoms with E-state index in [2.05, 4.69) is 170 Å². The van der Waals surface area contributed by atoms with E-state index in [1.165, 1.54) is 33.2 Å². The quantitative estimate of drug-likeness (QED) is 0.176. The van der Waals surface area contributed by atoms with Crippen molar-refractivity contribution >= 4 is 10.8 Å². The fourth-order valence-electron chi connectivity index (χ4n) is 7.44. The summed E-state index contributed by atoms with van der Waals surface area (Å²) in [4.78, 5) is 10.1. The van der Waals surface area contributed by atoms with E-state index in [9.17, 15) is 0 Å². The molecular weight excluding hydrogens is 645 g/mol. The highest BCUT2D eigenvalue weighted by Gasteiger charge is 2.22. The minimum Gasteiger partial charge on any atom is -0.456 e. The number of fused-ring (bicyclic) bond motifs is 2. The zero-order chi connectivity index (χ0) is 35.1. The van der Waals surface area contributed by atoms with Crippen molar-refractivity contribution in [1.82, 2.24) is 9.97 Å². The van der Waals surface area contributed by atoms with Crippen LogP contribution in [0.1, 0.15) is 0 Å². The average Bonchev–Trinajstić information content (AvgIpc) is 3.25. The van der Waals surface area contributed by atoms with Crippen molar-refractivity contribution in [2.24, 2.45) is 0 Å². The van der Waals surface area contributed by atoms with Gasteiger partial charge in [-0.3, -0.25) is 0 Å². The van der Waals surface area contributed by atoms with Gasteiger partial charge in [-0.15, -0.1) is 0 Å². The lowest BCUT2D eigenvalue weighted by atomic mass is 9.89. The molecule has 0 atom stereocenters. The normalized spacial score (nSPS) is 11.5. The Morgan fingerprint density at radius 2 is 0.811 bits per heavy atom. The van der Waals surface area contributed by atoms with E-state index in [1.807, 2.05) is 24.3 Å². The van der Waals surface area contributed by atoms with Crippen molar-refractivity contribution in [3.63, 3.8) is 0 Å². The van der Waals surface area contributed by atoms with Crippen LogP contribution >= 0.6 is 0 Å². The lowest BCUT2D eigenvalue weighted by Crippen LogP contribution is -1.98. The largest absolute Gasteiger partial charge is 0.456 e. The van der Waals surface area contributed by atoms with Crippen molar-refractivity contribution in [2.75, 3.05) is 0 Å². The van der Waals surface area contributed by atoms with Crippen LogP contribution in [0.25, 0.3) is 89.2 Å². The number of nitrogens with zero attached hydrogens (tertiary/aromatic N) is 2. The molecule has 0 radical (unpaired) electrons. The molecule has 1 aromatic heterocycles. The molecule has 0 amide bonds. The van der Waals surface area contributed by atoms with Gasteiger partial charge in [0.25, 0.3) is 0 Å². The molecule has 1 aliphatic heterocycles. The molecule has 0 fully saturated rings. The van der Waals surface area contributed by atoms with E-state index in [4.69, 9.17) is 14.7 Å². The van der Waals surface area contributed by atoms with Gasteiger partial charge in [-0.05, 0) is 68.6 Å².